The third-order valence-electron chi connectivity index (χ3n) is 5.44. The summed E-state index contributed by atoms with van der Waals surface area (Å²) in [4.78, 5) is 10.1. The maximum atomic E-state index is 14.6. The highest BCUT2D eigenvalue weighted by Gasteiger charge is 2.29. The number of likely N-dealkylation sites (N-methyl/N-ethyl adjacent to an activating group) is 1. The molecule has 0 amide bonds. The van der Waals surface area contributed by atoms with Gasteiger partial charge in [-0.05, 0) is 26.5 Å². The molecule has 1 fully saturated rings. The number of halogens is 3. The van der Waals surface area contributed by atoms with Gasteiger partial charge in [-0.25, -0.2) is 8.78 Å². The number of aromatic nitrogens is 1. The van der Waals surface area contributed by atoms with Crippen LogP contribution in [0.2, 0.25) is 0 Å². The number of pyridine rings is 1. The SMILES string of the molecule is COCCC1CN(C2=c3ncc(F)c(F)c3=CNc3sc(C)cc32)CCN1C.Cl. The molecule has 2 aromatic heterocycles. The van der Waals surface area contributed by atoms with Gasteiger partial charge in [-0.2, -0.15) is 0 Å². The van der Waals surface area contributed by atoms with Crippen molar-refractivity contribution in [3.63, 3.8) is 0 Å². The average Bonchev–Trinajstić information content (AvgIpc) is 2.97. The molecule has 1 saturated heterocycles. The van der Waals surface area contributed by atoms with Gasteiger partial charge < -0.3 is 15.0 Å². The number of piperazine rings is 1. The van der Waals surface area contributed by atoms with Crippen LogP contribution >= 0.6 is 23.7 Å². The monoisotopic (exact) mass is 442 g/mol. The Morgan fingerprint density at radius 3 is 2.90 bits per heavy atom. The molecule has 0 saturated carbocycles. The first-order valence-electron chi connectivity index (χ1n) is 9.35. The lowest BCUT2D eigenvalue weighted by atomic mass is 10.1. The lowest BCUT2D eigenvalue weighted by Gasteiger charge is -2.41. The Morgan fingerprint density at radius 2 is 2.14 bits per heavy atom. The molecule has 4 heterocycles. The van der Waals surface area contributed by atoms with Gasteiger partial charge in [0, 0.05) is 56.0 Å². The number of fused-ring (bicyclic) bond motifs is 2. The van der Waals surface area contributed by atoms with Gasteiger partial charge in [0.1, 0.15) is 5.00 Å². The third-order valence-corrected chi connectivity index (χ3v) is 6.42. The van der Waals surface area contributed by atoms with Crippen molar-refractivity contribution >= 4 is 40.6 Å². The number of nitrogens with one attached hydrogen (secondary N) is 1. The summed E-state index contributed by atoms with van der Waals surface area (Å²) in [7, 11) is 3.83. The zero-order valence-corrected chi connectivity index (χ0v) is 18.3. The predicted octanol–water partition coefficient (Wildman–Crippen LogP) is 2.12. The van der Waals surface area contributed by atoms with Crippen molar-refractivity contribution in [3.05, 3.63) is 44.9 Å². The van der Waals surface area contributed by atoms with E-state index < -0.39 is 11.6 Å². The highest BCUT2D eigenvalue weighted by Crippen LogP contribution is 2.35. The fourth-order valence-electron chi connectivity index (χ4n) is 3.90. The molecule has 0 aliphatic carbocycles. The normalized spacial score (nSPS) is 18.9. The molecule has 158 valence electrons. The van der Waals surface area contributed by atoms with Gasteiger partial charge >= 0.3 is 0 Å². The molecular weight excluding hydrogens is 418 g/mol. The molecule has 1 N–H and O–H groups in total. The van der Waals surface area contributed by atoms with Crippen molar-refractivity contribution in [2.75, 3.05) is 45.7 Å². The molecule has 0 spiro atoms. The van der Waals surface area contributed by atoms with Crippen LogP contribution in [0.15, 0.2) is 12.3 Å². The van der Waals surface area contributed by atoms with Gasteiger partial charge in [-0.3, -0.25) is 9.88 Å². The molecular formula is C20H25ClF2N4OS. The molecule has 5 nitrogen and oxygen atoms in total. The highest BCUT2D eigenvalue weighted by atomic mass is 35.5. The van der Waals surface area contributed by atoms with Crippen LogP contribution in [0, 0.1) is 18.6 Å². The Labute approximate surface area is 179 Å². The summed E-state index contributed by atoms with van der Waals surface area (Å²) in [5.74, 6) is -1.80. The molecule has 1 atom stereocenters. The van der Waals surface area contributed by atoms with Crippen LogP contribution in [0.25, 0.3) is 11.9 Å². The zero-order valence-electron chi connectivity index (χ0n) is 16.7. The van der Waals surface area contributed by atoms with Crippen molar-refractivity contribution in [1.29, 1.82) is 0 Å². The van der Waals surface area contributed by atoms with Crippen LogP contribution in [0.1, 0.15) is 16.9 Å². The predicted molar refractivity (Wildman–Crippen MR) is 115 cm³/mol. The lowest BCUT2D eigenvalue weighted by Crippen LogP contribution is -2.52. The number of aryl methyl sites for hydroxylation is 1. The van der Waals surface area contributed by atoms with Crippen molar-refractivity contribution in [3.8, 4) is 0 Å². The maximum Gasteiger partial charge on any atom is 0.177 e. The van der Waals surface area contributed by atoms with E-state index in [1.165, 1.54) is 6.20 Å². The van der Waals surface area contributed by atoms with Crippen molar-refractivity contribution in [2.24, 2.45) is 0 Å². The fraction of sp³-hybridized carbons (Fsp3) is 0.450. The first kappa shape index (κ1) is 22.0. The molecule has 2 aromatic rings. The maximum absolute atomic E-state index is 14.6. The van der Waals surface area contributed by atoms with Crippen LogP contribution in [-0.2, 0) is 4.74 Å². The topological polar surface area (TPSA) is 40.6 Å². The summed E-state index contributed by atoms with van der Waals surface area (Å²) < 4.78 is 33.7. The van der Waals surface area contributed by atoms with Crippen LogP contribution < -0.4 is 15.9 Å². The lowest BCUT2D eigenvalue weighted by molar-refractivity contribution is 0.0960. The van der Waals surface area contributed by atoms with Crippen molar-refractivity contribution in [1.82, 2.24) is 14.8 Å². The number of nitrogens with zero attached hydrogens (tertiary/aromatic N) is 3. The van der Waals surface area contributed by atoms with E-state index in [1.807, 2.05) is 6.92 Å². The summed E-state index contributed by atoms with van der Waals surface area (Å²) >= 11 is 1.60. The summed E-state index contributed by atoms with van der Waals surface area (Å²) in [5, 5.41) is 4.74. The van der Waals surface area contributed by atoms with Gasteiger partial charge in [0.2, 0.25) is 0 Å². The second-order valence-corrected chi connectivity index (χ2v) is 8.54. The molecule has 1 unspecified atom stereocenters. The smallest absolute Gasteiger partial charge is 0.177 e. The number of ether oxygens (including phenoxy) is 1. The molecule has 0 radical (unpaired) electrons. The Kier molecular flexibility index (Phi) is 6.78. The van der Waals surface area contributed by atoms with Crippen molar-refractivity contribution in [2.45, 2.75) is 19.4 Å². The largest absolute Gasteiger partial charge is 0.385 e. The summed E-state index contributed by atoms with van der Waals surface area (Å²) in [6.45, 7) is 5.19. The van der Waals surface area contributed by atoms with Gasteiger partial charge in [0.15, 0.2) is 11.6 Å². The Hall–Kier alpha value is -1.74. The Balaban J connectivity index is 0.00000240. The Morgan fingerprint density at radius 1 is 1.34 bits per heavy atom. The number of thiophene rings is 1. The Bertz CT molecular complexity index is 1010. The molecule has 4 rings (SSSR count). The van der Waals surface area contributed by atoms with E-state index in [2.05, 4.69) is 33.2 Å². The molecule has 29 heavy (non-hydrogen) atoms. The third kappa shape index (κ3) is 4.12. The van der Waals surface area contributed by atoms with Crippen LogP contribution in [-0.4, -0.2) is 61.2 Å². The van der Waals surface area contributed by atoms with E-state index in [0.717, 1.165) is 53.4 Å². The number of rotatable bonds is 4. The summed E-state index contributed by atoms with van der Waals surface area (Å²) in [6.07, 6.45) is 3.42. The zero-order chi connectivity index (χ0) is 19.8. The average molecular weight is 443 g/mol. The molecule has 0 bridgehead atoms. The van der Waals surface area contributed by atoms with E-state index >= 15 is 0 Å². The van der Waals surface area contributed by atoms with E-state index in [1.54, 1.807) is 18.4 Å². The van der Waals surface area contributed by atoms with E-state index in [9.17, 15) is 8.78 Å². The summed E-state index contributed by atoms with van der Waals surface area (Å²) in [6, 6.07) is 2.41. The van der Waals surface area contributed by atoms with Crippen LogP contribution in [0.5, 0.6) is 0 Å². The standard InChI is InChI=1S/C20H24F2N4OS.ClH/c1-12-8-14-19(26-6-5-25(2)13(11-26)4-7-27-3)18-15(9-24-20(14)28-12)17(22)16(21)10-23-18;/h8-10,13,24H,4-7,11H2,1-3H3;1H. The van der Waals surface area contributed by atoms with E-state index in [-0.39, 0.29) is 17.6 Å². The summed E-state index contributed by atoms with van der Waals surface area (Å²) in [5.41, 5.74) is 1.86. The molecule has 2 aliphatic heterocycles. The van der Waals surface area contributed by atoms with Gasteiger partial charge in [-0.1, -0.05) is 0 Å². The number of hydrogen-bond acceptors (Lipinski definition) is 6. The minimum absolute atomic E-state index is 0. The minimum atomic E-state index is -0.936. The minimum Gasteiger partial charge on any atom is -0.385 e. The van der Waals surface area contributed by atoms with Gasteiger partial charge in [-0.15, -0.1) is 23.7 Å². The highest BCUT2D eigenvalue weighted by molar-refractivity contribution is 7.16. The molecule has 2 aliphatic rings. The second-order valence-electron chi connectivity index (χ2n) is 7.28. The van der Waals surface area contributed by atoms with Crippen LogP contribution in [0.3, 0.4) is 0 Å². The number of methoxy groups -OCH3 is 1. The van der Waals surface area contributed by atoms with E-state index in [0.29, 0.717) is 18.0 Å². The number of hydrogen-bond donors (Lipinski definition) is 1. The number of anilines is 1. The quantitative estimate of drug-likeness (QED) is 0.785. The first-order chi connectivity index (χ1) is 13.5. The van der Waals surface area contributed by atoms with Crippen molar-refractivity contribution < 1.29 is 13.5 Å². The van der Waals surface area contributed by atoms with E-state index in [4.69, 9.17) is 4.74 Å². The molecule has 0 aromatic carbocycles. The molecule has 9 heteroatoms. The first-order valence-corrected chi connectivity index (χ1v) is 10.2. The second kappa shape index (κ2) is 8.95. The van der Waals surface area contributed by atoms with Gasteiger partial charge in [0.25, 0.3) is 0 Å². The fourth-order valence-corrected chi connectivity index (χ4v) is 4.78. The van der Waals surface area contributed by atoms with Gasteiger partial charge in [0.05, 0.1) is 22.5 Å². The van der Waals surface area contributed by atoms with Crippen LogP contribution in [0.4, 0.5) is 13.8 Å².